The summed E-state index contributed by atoms with van der Waals surface area (Å²) < 4.78 is 12.3. The van der Waals surface area contributed by atoms with Crippen molar-refractivity contribution in [2.75, 3.05) is 18.5 Å². The average molecular weight is 587 g/mol. The first-order valence-electron chi connectivity index (χ1n) is 10.8. The van der Waals surface area contributed by atoms with Crippen LogP contribution in [0.3, 0.4) is 0 Å². The maximum Gasteiger partial charge on any atom is 0.266 e. The molecule has 0 spiro atoms. The smallest absolute Gasteiger partial charge is 0.266 e. The number of carbonyl (C=O) groups is 1. The number of rotatable bonds is 9. The Hall–Kier alpha value is -3.02. The van der Waals surface area contributed by atoms with Gasteiger partial charge in [-0.05, 0) is 96.1 Å². The molecule has 7 heteroatoms. The molecule has 5 nitrogen and oxygen atoms in total. The maximum absolute atomic E-state index is 12.7. The summed E-state index contributed by atoms with van der Waals surface area (Å²) in [7, 11) is 0. The fourth-order valence-corrected chi connectivity index (χ4v) is 4.34. The molecule has 3 rings (SSSR count). The summed E-state index contributed by atoms with van der Waals surface area (Å²) in [6, 6.07) is 20.5. The number of benzene rings is 3. The van der Waals surface area contributed by atoms with Crippen molar-refractivity contribution in [3.63, 3.8) is 0 Å². The molecule has 3 aromatic rings. The molecule has 174 valence electrons. The third kappa shape index (κ3) is 6.75. The van der Waals surface area contributed by atoms with Gasteiger partial charge >= 0.3 is 0 Å². The molecule has 0 aliphatic carbocycles. The highest BCUT2D eigenvalue weighted by Gasteiger charge is 2.15. The van der Waals surface area contributed by atoms with Crippen molar-refractivity contribution in [3.05, 3.63) is 91.5 Å². The van der Waals surface area contributed by atoms with E-state index in [0.717, 1.165) is 14.7 Å². The SMILES string of the molecule is CCOc1ccc(NC(=O)/C(C#N)=C/c2cc(I)c(Cc3ccccc3Cl)c(OCC)c2)cc1. The Balaban J connectivity index is 1.86. The Labute approximate surface area is 218 Å². The first kappa shape index (κ1) is 25.6. The van der Waals surface area contributed by atoms with Crippen molar-refractivity contribution in [2.45, 2.75) is 20.3 Å². The summed E-state index contributed by atoms with van der Waals surface area (Å²) in [5, 5.41) is 13.1. The first-order valence-corrected chi connectivity index (χ1v) is 12.3. The third-order valence-electron chi connectivity index (χ3n) is 4.90. The molecule has 0 saturated heterocycles. The Morgan fingerprint density at radius 1 is 1.09 bits per heavy atom. The van der Waals surface area contributed by atoms with Gasteiger partial charge in [-0.1, -0.05) is 29.8 Å². The molecule has 0 saturated carbocycles. The van der Waals surface area contributed by atoms with Crippen LogP contribution in [0.1, 0.15) is 30.5 Å². The van der Waals surface area contributed by atoms with Gasteiger partial charge in [-0.15, -0.1) is 0 Å². The molecule has 0 unspecified atom stereocenters. The molecule has 0 aliphatic rings. The number of nitrogens with zero attached hydrogens (tertiary/aromatic N) is 1. The van der Waals surface area contributed by atoms with Crippen LogP contribution in [-0.2, 0) is 11.2 Å². The van der Waals surface area contributed by atoms with Crippen LogP contribution in [0.25, 0.3) is 6.08 Å². The van der Waals surface area contributed by atoms with Crippen LogP contribution in [0, 0.1) is 14.9 Å². The van der Waals surface area contributed by atoms with Crippen LogP contribution in [0.15, 0.2) is 66.2 Å². The number of anilines is 1. The summed E-state index contributed by atoms with van der Waals surface area (Å²) in [4.78, 5) is 12.7. The number of hydrogen-bond donors (Lipinski definition) is 1. The van der Waals surface area contributed by atoms with Gasteiger partial charge in [0.25, 0.3) is 5.91 Å². The van der Waals surface area contributed by atoms with Crippen LogP contribution < -0.4 is 14.8 Å². The standard InChI is InChI=1S/C27H24ClIN2O3/c1-3-33-22-11-9-21(10-12-22)31-27(32)20(17-30)13-18-14-25(29)23(26(15-18)34-4-2)16-19-7-5-6-8-24(19)28/h5-15H,3-4,16H2,1-2H3,(H,31,32)/b20-13+. The van der Waals surface area contributed by atoms with E-state index < -0.39 is 5.91 Å². The number of amides is 1. The summed E-state index contributed by atoms with van der Waals surface area (Å²) >= 11 is 8.61. The summed E-state index contributed by atoms with van der Waals surface area (Å²) in [6.45, 7) is 4.87. The molecule has 1 amide bonds. The highest BCUT2D eigenvalue weighted by atomic mass is 127. The lowest BCUT2D eigenvalue weighted by atomic mass is 10.0. The predicted octanol–water partition coefficient (Wildman–Crippen LogP) is 6.88. The summed E-state index contributed by atoms with van der Waals surface area (Å²) in [6.07, 6.45) is 2.18. The van der Waals surface area contributed by atoms with Crippen molar-refractivity contribution >= 4 is 51.9 Å². The van der Waals surface area contributed by atoms with Gasteiger partial charge in [-0.25, -0.2) is 0 Å². The fraction of sp³-hybridized carbons (Fsp3) is 0.185. The molecular weight excluding hydrogens is 563 g/mol. The van der Waals surface area contributed by atoms with E-state index in [-0.39, 0.29) is 5.57 Å². The zero-order chi connectivity index (χ0) is 24.5. The van der Waals surface area contributed by atoms with Crippen molar-refractivity contribution in [1.29, 1.82) is 5.26 Å². The molecule has 0 atom stereocenters. The largest absolute Gasteiger partial charge is 0.494 e. The van der Waals surface area contributed by atoms with E-state index >= 15 is 0 Å². The summed E-state index contributed by atoms with van der Waals surface area (Å²) in [5.41, 5.74) is 3.28. The van der Waals surface area contributed by atoms with Gasteiger partial charge in [0.2, 0.25) is 0 Å². The van der Waals surface area contributed by atoms with Gasteiger partial charge in [0, 0.05) is 26.3 Å². The Morgan fingerprint density at radius 3 is 2.44 bits per heavy atom. The average Bonchev–Trinajstić information content (AvgIpc) is 2.82. The van der Waals surface area contributed by atoms with Crippen LogP contribution in [0.4, 0.5) is 5.69 Å². The van der Waals surface area contributed by atoms with E-state index in [0.29, 0.717) is 47.4 Å². The third-order valence-corrected chi connectivity index (χ3v) is 6.23. The molecule has 34 heavy (non-hydrogen) atoms. The lowest BCUT2D eigenvalue weighted by molar-refractivity contribution is -0.112. The van der Waals surface area contributed by atoms with Gasteiger partial charge in [0.1, 0.15) is 23.1 Å². The zero-order valence-corrected chi connectivity index (χ0v) is 21.8. The van der Waals surface area contributed by atoms with Crippen molar-refractivity contribution in [3.8, 4) is 17.6 Å². The minimum absolute atomic E-state index is 0.00835. The lowest BCUT2D eigenvalue weighted by Crippen LogP contribution is -2.13. The summed E-state index contributed by atoms with van der Waals surface area (Å²) in [5.74, 6) is 0.927. The van der Waals surface area contributed by atoms with Gasteiger partial charge in [-0.3, -0.25) is 4.79 Å². The van der Waals surface area contributed by atoms with E-state index in [1.165, 1.54) is 0 Å². The van der Waals surface area contributed by atoms with Crippen molar-refractivity contribution < 1.29 is 14.3 Å². The van der Waals surface area contributed by atoms with Gasteiger partial charge in [0.15, 0.2) is 0 Å². The topological polar surface area (TPSA) is 71.3 Å². The second kappa shape index (κ2) is 12.4. The quantitative estimate of drug-likeness (QED) is 0.169. The predicted molar refractivity (Wildman–Crippen MR) is 144 cm³/mol. The van der Waals surface area contributed by atoms with Crippen molar-refractivity contribution in [1.82, 2.24) is 0 Å². The van der Waals surface area contributed by atoms with E-state index in [2.05, 4.69) is 27.9 Å². The van der Waals surface area contributed by atoms with E-state index in [9.17, 15) is 10.1 Å². The zero-order valence-electron chi connectivity index (χ0n) is 18.9. The monoisotopic (exact) mass is 586 g/mol. The van der Waals surface area contributed by atoms with Gasteiger partial charge < -0.3 is 14.8 Å². The normalized spacial score (nSPS) is 11.0. The molecule has 3 aromatic carbocycles. The number of hydrogen-bond acceptors (Lipinski definition) is 4. The number of nitriles is 1. The molecular formula is C27H24ClIN2O3. The van der Waals surface area contributed by atoms with E-state index in [1.807, 2.05) is 56.3 Å². The van der Waals surface area contributed by atoms with Crippen LogP contribution >= 0.6 is 34.2 Å². The minimum atomic E-state index is -0.486. The van der Waals surface area contributed by atoms with Gasteiger partial charge in [-0.2, -0.15) is 5.26 Å². The van der Waals surface area contributed by atoms with Crippen LogP contribution in [-0.4, -0.2) is 19.1 Å². The second-order valence-corrected chi connectivity index (χ2v) is 8.83. The molecule has 0 radical (unpaired) electrons. The number of halogens is 2. The number of ether oxygens (including phenoxy) is 2. The maximum atomic E-state index is 12.7. The molecule has 0 aromatic heterocycles. The second-order valence-electron chi connectivity index (χ2n) is 7.26. The minimum Gasteiger partial charge on any atom is -0.494 e. The Morgan fingerprint density at radius 2 is 1.79 bits per heavy atom. The highest BCUT2D eigenvalue weighted by Crippen LogP contribution is 2.31. The highest BCUT2D eigenvalue weighted by molar-refractivity contribution is 14.1. The van der Waals surface area contributed by atoms with E-state index in [4.69, 9.17) is 21.1 Å². The fourth-order valence-electron chi connectivity index (χ4n) is 3.32. The van der Waals surface area contributed by atoms with Crippen molar-refractivity contribution in [2.24, 2.45) is 0 Å². The number of carbonyl (C=O) groups excluding carboxylic acids is 1. The first-order chi connectivity index (χ1) is 16.4. The molecule has 0 heterocycles. The van der Waals surface area contributed by atoms with Crippen LogP contribution in [0.2, 0.25) is 5.02 Å². The molecule has 0 bridgehead atoms. The lowest BCUT2D eigenvalue weighted by Gasteiger charge is -2.15. The molecule has 0 fully saturated rings. The van der Waals surface area contributed by atoms with Gasteiger partial charge in [0.05, 0.1) is 13.2 Å². The van der Waals surface area contributed by atoms with Crippen LogP contribution in [0.5, 0.6) is 11.5 Å². The Bertz CT molecular complexity index is 1230. The molecule has 0 aliphatic heterocycles. The molecule has 1 N–H and O–H groups in total. The number of nitrogens with one attached hydrogen (secondary N) is 1. The van der Waals surface area contributed by atoms with E-state index in [1.54, 1.807) is 30.3 Å². The Kier molecular flexibility index (Phi) is 9.37.